The first-order valence-electron chi connectivity index (χ1n) is 15.6. The molecule has 1 aliphatic carbocycles. The van der Waals surface area contributed by atoms with Crippen LogP contribution in [-0.4, -0.2) is 43.6 Å². The molecule has 0 radical (unpaired) electrons. The highest BCUT2D eigenvalue weighted by Crippen LogP contribution is 2.38. The van der Waals surface area contributed by atoms with Gasteiger partial charge in [0.05, 0.1) is 30.7 Å². The molecule has 2 N–H and O–H groups in total. The topological polar surface area (TPSA) is 129 Å². The first-order valence-corrected chi connectivity index (χ1v) is 15.6. The molecule has 1 aliphatic rings. The van der Waals surface area contributed by atoms with Crippen LogP contribution in [0.2, 0.25) is 0 Å². The fraction of sp³-hybridized carbons (Fsp3) is 0.429. The molecule has 0 fully saturated rings. The molecule has 0 bridgehead atoms. The van der Waals surface area contributed by atoms with Crippen LogP contribution in [0.3, 0.4) is 0 Å². The fourth-order valence-electron chi connectivity index (χ4n) is 5.52. The molecule has 3 aromatic carbocycles. The number of rotatable bonds is 15. The number of nitrogens with zero attached hydrogens (tertiary/aromatic N) is 1. The van der Waals surface area contributed by atoms with Crippen LogP contribution in [-0.2, 0) is 22.4 Å². The zero-order valence-corrected chi connectivity index (χ0v) is 26.5. The van der Waals surface area contributed by atoms with Crippen LogP contribution in [0.5, 0.6) is 17.2 Å². The maximum Gasteiger partial charge on any atom is 0.276 e. The number of benzene rings is 3. The Hall–Kier alpha value is -4.60. The first-order chi connectivity index (χ1) is 21.7. The summed E-state index contributed by atoms with van der Waals surface area (Å²) in [6.45, 7) is 6.61. The second-order valence-corrected chi connectivity index (χ2v) is 11.5. The van der Waals surface area contributed by atoms with E-state index >= 15 is 0 Å². The molecular weight excluding hydrogens is 574 g/mol. The van der Waals surface area contributed by atoms with Gasteiger partial charge in [-0.25, -0.2) is 0 Å². The molecule has 10 heteroatoms. The summed E-state index contributed by atoms with van der Waals surface area (Å²) in [6.07, 6.45) is 4.13. The Morgan fingerprint density at radius 3 is 2.44 bits per heavy atom. The Morgan fingerprint density at radius 1 is 0.956 bits per heavy atom. The monoisotopic (exact) mass is 617 g/mol. The SMILES string of the molecule is CCCCNC(=O)COc1ccc2c(c1)CCc1ccccc1C2NC(=O)CCCOc1cc([N+](=O)[O-])c(C(C)C)cc1OC. The number of amides is 2. The van der Waals surface area contributed by atoms with Gasteiger partial charge in [0.25, 0.3) is 11.6 Å². The van der Waals surface area contributed by atoms with E-state index in [4.69, 9.17) is 14.2 Å². The summed E-state index contributed by atoms with van der Waals surface area (Å²) in [6, 6.07) is 16.6. The number of hydrogen-bond donors (Lipinski definition) is 2. The van der Waals surface area contributed by atoms with Crippen LogP contribution in [0.4, 0.5) is 5.69 Å². The molecule has 2 amide bonds. The molecular formula is C35H43N3O7. The third-order valence-corrected chi connectivity index (χ3v) is 7.92. The Balaban J connectivity index is 1.42. The molecule has 0 saturated carbocycles. The molecule has 0 aliphatic heterocycles. The standard InChI is InChI=1S/C35H43N3O7/c1-5-6-17-36-34(40)22-45-26-15-16-28-25(19-26)14-13-24-10-7-8-11-27(24)35(28)37-33(39)12-9-18-44-32-21-30(38(41)42)29(23(2)3)20-31(32)43-4/h7-8,10-11,15-16,19-21,23,35H,5-6,9,12-14,17-18,22H2,1-4H3,(H,36,40)(H,37,39). The quantitative estimate of drug-likeness (QED) is 0.118. The minimum atomic E-state index is -0.419. The largest absolute Gasteiger partial charge is 0.493 e. The van der Waals surface area contributed by atoms with Crippen LogP contribution < -0.4 is 24.8 Å². The van der Waals surface area contributed by atoms with Crippen molar-refractivity contribution in [2.24, 2.45) is 0 Å². The van der Waals surface area contributed by atoms with E-state index in [-0.39, 0.29) is 54.8 Å². The van der Waals surface area contributed by atoms with Crippen LogP contribution in [0, 0.1) is 10.1 Å². The molecule has 1 atom stereocenters. The van der Waals surface area contributed by atoms with Gasteiger partial charge < -0.3 is 24.8 Å². The third-order valence-electron chi connectivity index (χ3n) is 7.92. The van der Waals surface area contributed by atoms with Crippen molar-refractivity contribution in [3.8, 4) is 17.2 Å². The molecule has 0 spiro atoms. The number of aryl methyl sites for hydroxylation is 2. The van der Waals surface area contributed by atoms with Gasteiger partial charge in [-0.05, 0) is 72.1 Å². The zero-order valence-electron chi connectivity index (χ0n) is 26.5. The smallest absolute Gasteiger partial charge is 0.276 e. The van der Waals surface area contributed by atoms with Gasteiger partial charge >= 0.3 is 0 Å². The molecule has 1 unspecified atom stereocenters. The van der Waals surface area contributed by atoms with Gasteiger partial charge in [0.2, 0.25) is 5.91 Å². The number of methoxy groups -OCH3 is 1. The predicted octanol–water partition coefficient (Wildman–Crippen LogP) is 6.19. The van der Waals surface area contributed by atoms with E-state index in [2.05, 4.69) is 23.6 Å². The normalized spacial score (nSPS) is 13.7. The number of nitro benzene ring substituents is 1. The maximum atomic E-state index is 13.2. The molecule has 4 rings (SSSR count). The second-order valence-electron chi connectivity index (χ2n) is 11.5. The molecule has 240 valence electrons. The van der Waals surface area contributed by atoms with Gasteiger partial charge in [-0.2, -0.15) is 0 Å². The summed E-state index contributed by atoms with van der Waals surface area (Å²) in [5.41, 5.74) is 4.81. The van der Waals surface area contributed by atoms with Crippen LogP contribution in [0.1, 0.15) is 86.2 Å². The van der Waals surface area contributed by atoms with Crippen molar-refractivity contribution in [1.82, 2.24) is 10.6 Å². The number of nitro groups is 1. The van der Waals surface area contributed by atoms with Crippen molar-refractivity contribution >= 4 is 17.5 Å². The van der Waals surface area contributed by atoms with E-state index in [0.717, 1.165) is 42.4 Å². The lowest BCUT2D eigenvalue weighted by Crippen LogP contribution is -2.30. The number of hydrogen-bond acceptors (Lipinski definition) is 7. The minimum absolute atomic E-state index is 0.0203. The van der Waals surface area contributed by atoms with Crippen molar-refractivity contribution in [3.63, 3.8) is 0 Å². The van der Waals surface area contributed by atoms with Crippen LogP contribution >= 0.6 is 0 Å². The lowest BCUT2D eigenvalue weighted by Gasteiger charge is -2.22. The van der Waals surface area contributed by atoms with E-state index < -0.39 is 4.92 Å². The maximum absolute atomic E-state index is 13.2. The highest BCUT2D eigenvalue weighted by atomic mass is 16.6. The van der Waals surface area contributed by atoms with E-state index in [9.17, 15) is 19.7 Å². The molecule has 45 heavy (non-hydrogen) atoms. The summed E-state index contributed by atoms with van der Waals surface area (Å²) >= 11 is 0. The van der Waals surface area contributed by atoms with Gasteiger partial charge in [-0.15, -0.1) is 0 Å². The fourth-order valence-corrected chi connectivity index (χ4v) is 5.52. The molecule has 0 heterocycles. The molecule has 10 nitrogen and oxygen atoms in total. The number of nitrogens with one attached hydrogen (secondary N) is 2. The highest BCUT2D eigenvalue weighted by molar-refractivity contribution is 5.78. The van der Waals surface area contributed by atoms with Gasteiger partial charge in [-0.3, -0.25) is 19.7 Å². The zero-order chi connectivity index (χ0) is 32.3. The minimum Gasteiger partial charge on any atom is -0.493 e. The molecule has 0 aromatic heterocycles. The lowest BCUT2D eigenvalue weighted by molar-refractivity contribution is -0.385. The number of unbranched alkanes of at least 4 members (excludes halogenated alkanes) is 1. The van der Waals surface area contributed by atoms with Crippen LogP contribution in [0.15, 0.2) is 54.6 Å². The van der Waals surface area contributed by atoms with Crippen molar-refractivity contribution in [1.29, 1.82) is 0 Å². The highest BCUT2D eigenvalue weighted by Gasteiger charge is 2.26. The number of ether oxygens (including phenoxy) is 3. The lowest BCUT2D eigenvalue weighted by atomic mass is 9.94. The van der Waals surface area contributed by atoms with E-state index in [1.54, 1.807) is 6.07 Å². The van der Waals surface area contributed by atoms with E-state index in [1.165, 1.54) is 18.7 Å². The first kappa shape index (κ1) is 33.3. The summed E-state index contributed by atoms with van der Waals surface area (Å²) < 4.78 is 17.1. The number of carbonyl (C=O) groups is 2. The van der Waals surface area contributed by atoms with E-state index in [0.29, 0.717) is 30.0 Å². The van der Waals surface area contributed by atoms with Crippen molar-refractivity contribution in [2.45, 2.75) is 71.3 Å². The predicted molar refractivity (Wildman–Crippen MR) is 172 cm³/mol. The van der Waals surface area contributed by atoms with Gasteiger partial charge in [0.1, 0.15) is 5.75 Å². The molecule has 0 saturated heterocycles. The average Bonchev–Trinajstić information content (AvgIpc) is 3.18. The average molecular weight is 618 g/mol. The van der Waals surface area contributed by atoms with Gasteiger partial charge in [0, 0.05) is 18.5 Å². The Morgan fingerprint density at radius 2 is 1.71 bits per heavy atom. The molecule has 3 aromatic rings. The van der Waals surface area contributed by atoms with E-state index in [1.807, 2.05) is 50.2 Å². The van der Waals surface area contributed by atoms with Crippen molar-refractivity contribution < 1.29 is 28.7 Å². The van der Waals surface area contributed by atoms with Crippen molar-refractivity contribution in [3.05, 3.63) is 92.5 Å². The van der Waals surface area contributed by atoms with Crippen molar-refractivity contribution in [2.75, 3.05) is 26.9 Å². The second kappa shape index (κ2) is 15.9. The summed E-state index contributed by atoms with van der Waals surface area (Å²) in [4.78, 5) is 36.6. The number of fused-ring (bicyclic) bond motifs is 2. The summed E-state index contributed by atoms with van der Waals surface area (Å²) in [5.74, 6) is 0.965. The number of carbonyl (C=O) groups excluding carboxylic acids is 2. The summed E-state index contributed by atoms with van der Waals surface area (Å²) in [5, 5.41) is 17.7. The van der Waals surface area contributed by atoms with Crippen LogP contribution in [0.25, 0.3) is 0 Å². The third kappa shape index (κ3) is 8.74. The Bertz CT molecular complexity index is 1500. The Labute approximate surface area is 264 Å². The Kier molecular flexibility index (Phi) is 11.8. The van der Waals surface area contributed by atoms with Gasteiger partial charge in [-0.1, -0.05) is 57.5 Å². The van der Waals surface area contributed by atoms with Gasteiger partial charge in [0.15, 0.2) is 18.1 Å². The summed E-state index contributed by atoms with van der Waals surface area (Å²) in [7, 11) is 1.49.